The third kappa shape index (κ3) is 3.62. The molecule has 5 heteroatoms. The first-order valence-corrected chi connectivity index (χ1v) is 8.63. The van der Waals surface area contributed by atoms with Crippen molar-refractivity contribution in [3.8, 4) is 22.5 Å². The summed E-state index contributed by atoms with van der Waals surface area (Å²) in [5.74, 6) is 0.334. The van der Waals surface area contributed by atoms with Gasteiger partial charge < -0.3 is 5.32 Å². The number of amides is 1. The fraction of sp³-hybridized carbons (Fsp3) is 0.0455. The van der Waals surface area contributed by atoms with E-state index in [1.54, 1.807) is 24.4 Å². The number of hydrogen-bond donors (Lipinski definition) is 1. The SMILES string of the molecule is Cn1nc(-c2ccccc2)cc1-c1ccc(NC(=O)c2ccccc2)nc1. The molecule has 5 nitrogen and oxygen atoms in total. The van der Waals surface area contributed by atoms with Gasteiger partial charge in [-0.3, -0.25) is 9.48 Å². The smallest absolute Gasteiger partial charge is 0.256 e. The predicted molar refractivity (Wildman–Crippen MR) is 106 cm³/mol. The number of aryl methyl sites for hydroxylation is 1. The summed E-state index contributed by atoms with van der Waals surface area (Å²) in [6.07, 6.45) is 1.74. The first kappa shape index (κ1) is 16.7. The molecule has 0 atom stereocenters. The highest BCUT2D eigenvalue weighted by Gasteiger charge is 2.10. The van der Waals surface area contributed by atoms with E-state index in [1.807, 2.05) is 72.4 Å². The molecule has 2 aromatic heterocycles. The fourth-order valence-electron chi connectivity index (χ4n) is 2.88. The molecule has 1 amide bonds. The Labute approximate surface area is 157 Å². The summed E-state index contributed by atoms with van der Waals surface area (Å²) in [6, 6.07) is 24.9. The van der Waals surface area contributed by atoms with Crippen LogP contribution in [-0.2, 0) is 7.05 Å². The van der Waals surface area contributed by atoms with Crippen LogP contribution >= 0.6 is 0 Å². The van der Waals surface area contributed by atoms with Gasteiger partial charge in [-0.2, -0.15) is 5.10 Å². The summed E-state index contributed by atoms with van der Waals surface area (Å²) in [6.45, 7) is 0. The van der Waals surface area contributed by atoms with Gasteiger partial charge in [-0.1, -0.05) is 48.5 Å². The minimum absolute atomic E-state index is 0.178. The fourth-order valence-corrected chi connectivity index (χ4v) is 2.88. The van der Waals surface area contributed by atoms with Gasteiger partial charge in [0.1, 0.15) is 5.82 Å². The van der Waals surface area contributed by atoms with Gasteiger partial charge in [-0.15, -0.1) is 0 Å². The maximum atomic E-state index is 12.2. The van der Waals surface area contributed by atoms with Crippen molar-refractivity contribution in [1.29, 1.82) is 0 Å². The number of nitrogens with one attached hydrogen (secondary N) is 1. The van der Waals surface area contributed by atoms with E-state index in [0.717, 1.165) is 22.5 Å². The number of hydrogen-bond acceptors (Lipinski definition) is 3. The standard InChI is InChI=1S/C22H18N4O/c1-26-20(14-19(25-26)16-8-4-2-5-9-16)18-12-13-21(23-15-18)24-22(27)17-10-6-3-7-11-17/h2-15H,1H3,(H,23,24,27). The zero-order valence-electron chi connectivity index (χ0n) is 14.8. The molecule has 2 heterocycles. The summed E-state index contributed by atoms with van der Waals surface area (Å²) in [4.78, 5) is 16.6. The molecule has 0 aliphatic heterocycles. The third-order valence-electron chi connectivity index (χ3n) is 4.29. The second-order valence-corrected chi connectivity index (χ2v) is 6.16. The Kier molecular flexibility index (Phi) is 4.49. The van der Waals surface area contributed by atoms with E-state index in [4.69, 9.17) is 0 Å². The second kappa shape index (κ2) is 7.25. The Morgan fingerprint density at radius 1 is 0.889 bits per heavy atom. The van der Waals surface area contributed by atoms with Gasteiger partial charge >= 0.3 is 0 Å². The lowest BCUT2D eigenvalue weighted by molar-refractivity contribution is 0.102. The van der Waals surface area contributed by atoms with Crippen LogP contribution in [0.5, 0.6) is 0 Å². The molecule has 0 aliphatic rings. The lowest BCUT2D eigenvalue weighted by Gasteiger charge is -2.06. The van der Waals surface area contributed by atoms with Crippen molar-refractivity contribution < 1.29 is 4.79 Å². The molecular formula is C22H18N4O. The lowest BCUT2D eigenvalue weighted by Crippen LogP contribution is -2.12. The van der Waals surface area contributed by atoms with Crippen molar-refractivity contribution in [2.45, 2.75) is 0 Å². The zero-order valence-corrected chi connectivity index (χ0v) is 14.8. The van der Waals surface area contributed by atoms with Crippen LogP contribution in [0, 0.1) is 0 Å². The van der Waals surface area contributed by atoms with Gasteiger partial charge in [0, 0.05) is 29.9 Å². The van der Waals surface area contributed by atoms with E-state index >= 15 is 0 Å². The molecule has 0 saturated heterocycles. The van der Waals surface area contributed by atoms with Gasteiger partial charge in [0.25, 0.3) is 5.91 Å². The maximum absolute atomic E-state index is 12.2. The summed E-state index contributed by atoms with van der Waals surface area (Å²) >= 11 is 0. The Hall–Kier alpha value is -3.73. The number of carbonyl (C=O) groups excluding carboxylic acids is 1. The molecule has 0 spiro atoms. The molecule has 0 fully saturated rings. The van der Waals surface area contributed by atoms with Crippen molar-refractivity contribution in [1.82, 2.24) is 14.8 Å². The highest BCUT2D eigenvalue weighted by molar-refractivity contribution is 6.03. The molecule has 0 saturated carbocycles. The summed E-state index contributed by atoms with van der Waals surface area (Å²) in [5.41, 5.74) is 4.48. The number of rotatable bonds is 4. The Bertz CT molecular complexity index is 1050. The monoisotopic (exact) mass is 354 g/mol. The van der Waals surface area contributed by atoms with Crippen molar-refractivity contribution in [2.75, 3.05) is 5.32 Å². The largest absolute Gasteiger partial charge is 0.307 e. The van der Waals surface area contributed by atoms with E-state index < -0.39 is 0 Å². The normalized spacial score (nSPS) is 10.6. The van der Waals surface area contributed by atoms with Gasteiger partial charge in [0.05, 0.1) is 11.4 Å². The molecule has 0 radical (unpaired) electrons. The van der Waals surface area contributed by atoms with Gasteiger partial charge in [0.2, 0.25) is 0 Å². The van der Waals surface area contributed by atoms with Crippen LogP contribution in [0.2, 0.25) is 0 Å². The number of nitrogens with zero attached hydrogens (tertiary/aromatic N) is 3. The number of pyridine rings is 1. The third-order valence-corrected chi connectivity index (χ3v) is 4.29. The maximum Gasteiger partial charge on any atom is 0.256 e. The Morgan fingerprint density at radius 2 is 1.59 bits per heavy atom. The quantitative estimate of drug-likeness (QED) is 0.591. The van der Waals surface area contributed by atoms with E-state index in [2.05, 4.69) is 15.4 Å². The molecule has 1 N–H and O–H groups in total. The van der Waals surface area contributed by atoms with Crippen LogP contribution in [0.15, 0.2) is 85.1 Å². The van der Waals surface area contributed by atoms with Crippen molar-refractivity contribution >= 4 is 11.7 Å². The van der Waals surface area contributed by atoms with Crippen LogP contribution < -0.4 is 5.32 Å². The average molecular weight is 354 g/mol. The molecular weight excluding hydrogens is 336 g/mol. The first-order chi connectivity index (χ1) is 13.2. The van der Waals surface area contributed by atoms with Crippen LogP contribution in [-0.4, -0.2) is 20.7 Å². The zero-order chi connectivity index (χ0) is 18.6. The minimum atomic E-state index is -0.178. The summed E-state index contributed by atoms with van der Waals surface area (Å²) in [5, 5.41) is 7.40. The molecule has 4 aromatic rings. The van der Waals surface area contributed by atoms with E-state index in [0.29, 0.717) is 11.4 Å². The predicted octanol–water partition coefficient (Wildman–Crippen LogP) is 4.40. The van der Waals surface area contributed by atoms with E-state index in [1.165, 1.54) is 0 Å². The van der Waals surface area contributed by atoms with E-state index in [9.17, 15) is 4.79 Å². The van der Waals surface area contributed by atoms with Gasteiger partial charge in [-0.05, 0) is 30.3 Å². The van der Waals surface area contributed by atoms with Crippen LogP contribution in [0.3, 0.4) is 0 Å². The summed E-state index contributed by atoms with van der Waals surface area (Å²) < 4.78 is 1.83. The van der Waals surface area contributed by atoms with Crippen LogP contribution in [0.4, 0.5) is 5.82 Å². The molecule has 27 heavy (non-hydrogen) atoms. The average Bonchev–Trinajstić information content (AvgIpc) is 3.11. The number of anilines is 1. The molecule has 0 aliphatic carbocycles. The number of aromatic nitrogens is 3. The Morgan fingerprint density at radius 3 is 2.26 bits per heavy atom. The first-order valence-electron chi connectivity index (χ1n) is 8.63. The van der Waals surface area contributed by atoms with Crippen LogP contribution in [0.25, 0.3) is 22.5 Å². The van der Waals surface area contributed by atoms with E-state index in [-0.39, 0.29) is 5.91 Å². The molecule has 132 valence electrons. The molecule has 0 bridgehead atoms. The minimum Gasteiger partial charge on any atom is -0.307 e. The highest BCUT2D eigenvalue weighted by Crippen LogP contribution is 2.25. The van der Waals surface area contributed by atoms with Gasteiger partial charge in [0.15, 0.2) is 0 Å². The number of benzene rings is 2. The highest BCUT2D eigenvalue weighted by atomic mass is 16.1. The van der Waals surface area contributed by atoms with Crippen molar-refractivity contribution in [3.05, 3.63) is 90.6 Å². The summed E-state index contributed by atoms with van der Waals surface area (Å²) in [7, 11) is 1.91. The molecule has 2 aromatic carbocycles. The van der Waals surface area contributed by atoms with Crippen LogP contribution in [0.1, 0.15) is 10.4 Å². The lowest BCUT2D eigenvalue weighted by atomic mass is 10.1. The van der Waals surface area contributed by atoms with Gasteiger partial charge in [-0.25, -0.2) is 4.98 Å². The Balaban J connectivity index is 1.54. The van der Waals surface area contributed by atoms with Crippen molar-refractivity contribution in [3.63, 3.8) is 0 Å². The molecule has 4 rings (SSSR count). The second-order valence-electron chi connectivity index (χ2n) is 6.16. The topological polar surface area (TPSA) is 59.8 Å². The number of carbonyl (C=O) groups is 1. The van der Waals surface area contributed by atoms with Crippen molar-refractivity contribution in [2.24, 2.45) is 7.05 Å². The molecule has 0 unspecified atom stereocenters.